The third-order valence-corrected chi connectivity index (χ3v) is 5.70. The molecule has 0 unspecified atom stereocenters. The first kappa shape index (κ1) is 24.1. The van der Waals surface area contributed by atoms with Crippen molar-refractivity contribution in [3.05, 3.63) is 97.2 Å². The SMILES string of the molecule is O=C(Nc1cc(Br)cc2c1[C@@H](c1cc(Cl)cc(F)c1F)NC2=O)c1cc(F)cc(C(F)(F)F)c1. The Morgan fingerprint density at radius 2 is 1.74 bits per heavy atom. The Morgan fingerprint density at radius 1 is 1.03 bits per heavy atom. The Morgan fingerprint density at radius 3 is 2.41 bits per heavy atom. The van der Waals surface area contributed by atoms with Crippen LogP contribution in [0.3, 0.4) is 0 Å². The fourth-order valence-corrected chi connectivity index (χ4v) is 4.27. The molecule has 176 valence electrons. The maximum Gasteiger partial charge on any atom is 0.416 e. The van der Waals surface area contributed by atoms with E-state index in [0.29, 0.717) is 16.6 Å². The lowest BCUT2D eigenvalue weighted by Gasteiger charge is -2.18. The number of fused-ring (bicyclic) bond motifs is 1. The summed E-state index contributed by atoms with van der Waals surface area (Å²) in [6.45, 7) is 0. The zero-order chi connectivity index (χ0) is 24.9. The van der Waals surface area contributed by atoms with E-state index in [1.807, 2.05) is 0 Å². The van der Waals surface area contributed by atoms with Gasteiger partial charge in [0.1, 0.15) is 5.82 Å². The first-order valence-corrected chi connectivity index (χ1v) is 10.5. The zero-order valence-electron chi connectivity index (χ0n) is 16.5. The highest BCUT2D eigenvalue weighted by atomic mass is 79.9. The number of halogens is 8. The molecule has 2 amide bonds. The van der Waals surface area contributed by atoms with Crippen molar-refractivity contribution in [2.24, 2.45) is 0 Å². The summed E-state index contributed by atoms with van der Waals surface area (Å²) in [7, 11) is 0. The average molecular weight is 564 g/mol. The normalized spacial score (nSPS) is 15.2. The molecule has 0 saturated carbocycles. The Labute approximate surface area is 201 Å². The molecule has 34 heavy (non-hydrogen) atoms. The summed E-state index contributed by atoms with van der Waals surface area (Å²) >= 11 is 8.99. The number of amides is 2. The predicted molar refractivity (Wildman–Crippen MR) is 114 cm³/mol. The highest BCUT2D eigenvalue weighted by Crippen LogP contribution is 2.40. The van der Waals surface area contributed by atoms with Crippen LogP contribution < -0.4 is 10.6 Å². The molecule has 0 spiro atoms. The van der Waals surface area contributed by atoms with Crippen molar-refractivity contribution in [1.29, 1.82) is 0 Å². The molecule has 0 radical (unpaired) electrons. The van der Waals surface area contributed by atoms with Crippen LogP contribution in [0.5, 0.6) is 0 Å². The van der Waals surface area contributed by atoms with Gasteiger partial charge < -0.3 is 10.6 Å². The van der Waals surface area contributed by atoms with E-state index in [1.165, 1.54) is 12.1 Å². The Bertz CT molecular complexity index is 1360. The summed E-state index contributed by atoms with van der Waals surface area (Å²) in [5, 5.41) is 4.64. The molecular weight excluding hydrogens is 554 g/mol. The van der Waals surface area contributed by atoms with E-state index in [9.17, 15) is 35.9 Å². The fraction of sp³-hybridized carbons (Fsp3) is 0.0909. The van der Waals surface area contributed by atoms with Gasteiger partial charge in [0.15, 0.2) is 11.6 Å². The van der Waals surface area contributed by atoms with Crippen LogP contribution in [-0.2, 0) is 6.18 Å². The van der Waals surface area contributed by atoms with E-state index in [4.69, 9.17) is 11.6 Å². The number of hydrogen-bond donors (Lipinski definition) is 2. The molecule has 0 fully saturated rings. The number of nitrogens with one attached hydrogen (secondary N) is 2. The van der Waals surface area contributed by atoms with E-state index in [0.717, 1.165) is 12.1 Å². The monoisotopic (exact) mass is 562 g/mol. The van der Waals surface area contributed by atoms with Crippen LogP contribution >= 0.6 is 27.5 Å². The van der Waals surface area contributed by atoms with Crippen molar-refractivity contribution >= 4 is 45.0 Å². The van der Waals surface area contributed by atoms with Crippen LogP contribution in [0.1, 0.15) is 43.4 Å². The van der Waals surface area contributed by atoms with Crippen LogP contribution in [0.4, 0.5) is 32.0 Å². The third kappa shape index (κ3) is 4.49. The second kappa shape index (κ2) is 8.62. The molecule has 3 aromatic rings. The van der Waals surface area contributed by atoms with Gasteiger partial charge in [-0.2, -0.15) is 13.2 Å². The second-order valence-corrected chi connectivity index (χ2v) is 8.64. The number of alkyl halides is 3. The topological polar surface area (TPSA) is 58.2 Å². The van der Waals surface area contributed by atoms with Gasteiger partial charge >= 0.3 is 6.18 Å². The summed E-state index contributed by atoms with van der Waals surface area (Å²) in [5.74, 6) is -5.65. The summed E-state index contributed by atoms with van der Waals surface area (Å²) in [6, 6.07) is 4.54. The summed E-state index contributed by atoms with van der Waals surface area (Å²) in [6.07, 6.45) is -4.90. The number of benzene rings is 3. The molecule has 0 aliphatic carbocycles. The van der Waals surface area contributed by atoms with Crippen molar-refractivity contribution < 1.29 is 35.9 Å². The quantitative estimate of drug-likeness (QED) is 0.278. The fourth-order valence-electron chi connectivity index (χ4n) is 3.60. The van der Waals surface area contributed by atoms with Crippen molar-refractivity contribution in [2.45, 2.75) is 12.2 Å². The molecule has 3 aromatic carbocycles. The van der Waals surface area contributed by atoms with Crippen LogP contribution in [0, 0.1) is 17.5 Å². The zero-order valence-corrected chi connectivity index (χ0v) is 18.8. The third-order valence-electron chi connectivity index (χ3n) is 5.02. The number of carbonyl (C=O) groups excluding carboxylic acids is 2. The maximum atomic E-state index is 14.6. The number of hydrogen-bond acceptors (Lipinski definition) is 2. The minimum Gasteiger partial charge on any atom is -0.341 e. The van der Waals surface area contributed by atoms with Crippen LogP contribution in [0.15, 0.2) is 46.9 Å². The first-order chi connectivity index (χ1) is 15.8. The molecule has 1 aliphatic rings. The van der Waals surface area contributed by atoms with E-state index < -0.39 is 52.6 Å². The highest BCUT2D eigenvalue weighted by Gasteiger charge is 2.36. The van der Waals surface area contributed by atoms with Crippen LogP contribution in [-0.4, -0.2) is 11.8 Å². The van der Waals surface area contributed by atoms with Gasteiger partial charge in [0.2, 0.25) is 0 Å². The van der Waals surface area contributed by atoms with Gasteiger partial charge in [0, 0.05) is 37.4 Å². The van der Waals surface area contributed by atoms with Gasteiger partial charge in [-0.3, -0.25) is 9.59 Å². The van der Waals surface area contributed by atoms with Crippen molar-refractivity contribution in [1.82, 2.24) is 5.32 Å². The summed E-state index contributed by atoms with van der Waals surface area (Å²) < 4.78 is 81.7. The maximum absolute atomic E-state index is 14.6. The van der Waals surface area contributed by atoms with E-state index in [-0.39, 0.29) is 33.5 Å². The Kier molecular flexibility index (Phi) is 6.11. The van der Waals surface area contributed by atoms with E-state index in [1.54, 1.807) is 0 Å². The molecule has 1 aliphatic heterocycles. The lowest BCUT2D eigenvalue weighted by atomic mass is 9.95. The lowest BCUT2D eigenvalue weighted by molar-refractivity contribution is -0.137. The van der Waals surface area contributed by atoms with Gasteiger partial charge in [-0.05, 0) is 42.5 Å². The first-order valence-electron chi connectivity index (χ1n) is 9.33. The van der Waals surface area contributed by atoms with Gasteiger partial charge in [0.05, 0.1) is 11.6 Å². The van der Waals surface area contributed by atoms with Crippen LogP contribution in [0.2, 0.25) is 5.02 Å². The van der Waals surface area contributed by atoms with Gasteiger partial charge in [0.25, 0.3) is 11.8 Å². The molecule has 0 saturated heterocycles. The van der Waals surface area contributed by atoms with E-state index in [2.05, 4.69) is 26.6 Å². The molecule has 4 rings (SSSR count). The number of carbonyl (C=O) groups is 2. The molecule has 0 bridgehead atoms. The Hall–Kier alpha value is -3.05. The highest BCUT2D eigenvalue weighted by molar-refractivity contribution is 9.10. The average Bonchev–Trinajstić information content (AvgIpc) is 3.06. The van der Waals surface area contributed by atoms with Gasteiger partial charge in [-0.15, -0.1) is 0 Å². The molecule has 4 nitrogen and oxygen atoms in total. The molecule has 1 atom stereocenters. The minimum atomic E-state index is -4.90. The molecule has 1 heterocycles. The standard InChI is InChI=1S/C22H10BrClF6N2O2/c23-10-4-13-17(19(32-21(13)34)14-6-11(24)7-15(26)18(14)27)16(5-10)31-20(33)8-1-9(22(28,29)30)3-12(25)2-8/h1-7,19H,(H,31,33)(H,32,34)/t19-/m1/s1. The second-order valence-electron chi connectivity index (χ2n) is 7.29. The molecule has 2 N–H and O–H groups in total. The van der Waals surface area contributed by atoms with Gasteiger partial charge in [-0.1, -0.05) is 27.5 Å². The van der Waals surface area contributed by atoms with Crippen LogP contribution in [0.25, 0.3) is 0 Å². The largest absolute Gasteiger partial charge is 0.416 e. The van der Waals surface area contributed by atoms with Crippen molar-refractivity contribution in [3.63, 3.8) is 0 Å². The lowest BCUT2D eigenvalue weighted by Crippen LogP contribution is -2.22. The summed E-state index contributed by atoms with van der Waals surface area (Å²) in [4.78, 5) is 25.3. The predicted octanol–water partition coefficient (Wildman–Crippen LogP) is 6.62. The van der Waals surface area contributed by atoms with E-state index >= 15 is 0 Å². The van der Waals surface area contributed by atoms with Crippen molar-refractivity contribution in [2.75, 3.05) is 5.32 Å². The Balaban J connectivity index is 1.80. The summed E-state index contributed by atoms with van der Waals surface area (Å²) in [5.41, 5.74) is -2.44. The van der Waals surface area contributed by atoms with Crippen molar-refractivity contribution in [3.8, 4) is 0 Å². The van der Waals surface area contributed by atoms with Gasteiger partial charge in [-0.25, -0.2) is 13.2 Å². The molecular formula is C22H10BrClF6N2O2. The molecule has 0 aromatic heterocycles. The molecule has 12 heteroatoms. The smallest absolute Gasteiger partial charge is 0.341 e. The number of rotatable bonds is 3. The number of anilines is 1. The minimum absolute atomic E-state index is 0.00955.